The first kappa shape index (κ1) is 17.6. The molecule has 4 aromatic rings. The predicted octanol–water partition coefficient (Wildman–Crippen LogP) is 3.48. The summed E-state index contributed by atoms with van der Waals surface area (Å²) in [6.07, 6.45) is 2.12. The molecule has 0 unspecified atom stereocenters. The van der Waals surface area contributed by atoms with Crippen molar-refractivity contribution in [1.82, 2.24) is 20.0 Å². The topological polar surface area (TPSA) is 115 Å². The van der Waals surface area contributed by atoms with Crippen LogP contribution in [0.2, 0.25) is 5.02 Å². The molecule has 1 aliphatic rings. The van der Waals surface area contributed by atoms with Gasteiger partial charge in [-0.3, -0.25) is 4.79 Å². The Morgan fingerprint density at radius 3 is 2.93 bits per heavy atom. The van der Waals surface area contributed by atoms with Gasteiger partial charge in [-0.2, -0.15) is 0 Å². The summed E-state index contributed by atoms with van der Waals surface area (Å²) < 4.78 is 5.46. The van der Waals surface area contributed by atoms with Gasteiger partial charge in [-0.1, -0.05) is 16.8 Å². The monoisotopic (exact) mass is 410 g/mol. The lowest BCUT2D eigenvalue weighted by molar-refractivity contribution is 0.0734. The van der Waals surface area contributed by atoms with Crippen molar-refractivity contribution in [2.45, 2.75) is 13.0 Å². The number of nitrogens with one attached hydrogen (secondary N) is 1. The molecule has 0 spiro atoms. The largest absolute Gasteiger partial charge is 0.507 e. The summed E-state index contributed by atoms with van der Waals surface area (Å²) >= 11 is 5.99. The van der Waals surface area contributed by atoms with Crippen molar-refractivity contribution < 1.29 is 19.5 Å². The molecule has 0 fully saturated rings. The Morgan fingerprint density at radius 2 is 2.07 bits per heavy atom. The fraction of sp³-hybridized carbons (Fsp3) is 0.150. The van der Waals surface area contributed by atoms with E-state index in [0.29, 0.717) is 35.4 Å². The van der Waals surface area contributed by atoms with Crippen LogP contribution in [0.1, 0.15) is 21.6 Å². The van der Waals surface area contributed by atoms with Crippen LogP contribution >= 0.6 is 11.6 Å². The normalized spacial score (nSPS) is 13.6. The number of hydrogen-bond acceptors (Lipinski definition) is 6. The zero-order chi connectivity index (χ0) is 20.1. The van der Waals surface area contributed by atoms with Gasteiger partial charge in [0.2, 0.25) is 0 Å². The van der Waals surface area contributed by atoms with Gasteiger partial charge in [0.05, 0.1) is 40.2 Å². The van der Waals surface area contributed by atoms with Gasteiger partial charge in [0.15, 0.2) is 5.76 Å². The number of rotatable bonds is 2. The minimum Gasteiger partial charge on any atom is -0.507 e. The number of benzene rings is 2. The Bertz CT molecular complexity index is 1260. The summed E-state index contributed by atoms with van der Waals surface area (Å²) in [5.74, 6) is -0.195. The fourth-order valence-corrected chi connectivity index (χ4v) is 3.74. The van der Waals surface area contributed by atoms with Crippen LogP contribution in [0.25, 0.3) is 22.4 Å². The summed E-state index contributed by atoms with van der Waals surface area (Å²) in [5.41, 5.74) is 3.90. The number of nitrogens with zero attached hydrogens (tertiary/aromatic N) is 3. The standard InChI is InChI=1S/C20H15ClN4O4/c21-13-6-11(17(26)7-18(13)27)19-12-8-25(4-3-14(12)24-29-19)20(28)10-1-2-15-16(5-10)23-9-22-15/h1-2,5-7,9,26-27H,3-4,8H2,(H,22,23). The van der Waals surface area contributed by atoms with E-state index in [9.17, 15) is 15.0 Å². The van der Waals surface area contributed by atoms with Crippen LogP contribution in [-0.4, -0.2) is 42.7 Å². The number of H-pyrrole nitrogens is 1. The van der Waals surface area contributed by atoms with Crippen molar-refractivity contribution in [3.05, 3.63) is 58.5 Å². The quantitative estimate of drug-likeness (QED) is 0.466. The molecule has 0 saturated carbocycles. The van der Waals surface area contributed by atoms with Gasteiger partial charge < -0.3 is 24.6 Å². The number of phenols is 2. The molecule has 0 bridgehead atoms. The number of aromatic nitrogens is 3. The minimum absolute atomic E-state index is 0.0829. The van der Waals surface area contributed by atoms with Gasteiger partial charge in [0.1, 0.15) is 11.5 Å². The van der Waals surface area contributed by atoms with Crippen LogP contribution in [0.3, 0.4) is 0 Å². The fourth-order valence-electron chi connectivity index (χ4n) is 3.58. The molecule has 5 rings (SSSR count). The minimum atomic E-state index is -0.229. The number of aromatic hydroxyl groups is 2. The molecule has 0 saturated heterocycles. The third-order valence-corrected chi connectivity index (χ3v) is 5.40. The molecular formula is C20H15ClN4O4. The Morgan fingerprint density at radius 1 is 1.21 bits per heavy atom. The van der Waals surface area contributed by atoms with Crippen LogP contribution in [-0.2, 0) is 13.0 Å². The van der Waals surface area contributed by atoms with E-state index in [1.54, 1.807) is 29.4 Å². The molecule has 29 heavy (non-hydrogen) atoms. The lowest BCUT2D eigenvalue weighted by Crippen LogP contribution is -2.35. The van der Waals surface area contributed by atoms with Crippen molar-refractivity contribution in [2.24, 2.45) is 0 Å². The van der Waals surface area contributed by atoms with E-state index in [1.165, 1.54) is 6.07 Å². The molecule has 1 aliphatic heterocycles. The Kier molecular flexibility index (Phi) is 3.95. The zero-order valence-electron chi connectivity index (χ0n) is 15.0. The van der Waals surface area contributed by atoms with Gasteiger partial charge in [-0.05, 0) is 24.3 Å². The SMILES string of the molecule is O=C(c1ccc2nc[nH]c2c1)N1CCc2noc(-c3cc(Cl)c(O)cc3O)c2C1. The number of hydrogen-bond donors (Lipinski definition) is 3. The third kappa shape index (κ3) is 2.89. The highest BCUT2D eigenvalue weighted by Crippen LogP contribution is 2.40. The number of imidazole rings is 1. The smallest absolute Gasteiger partial charge is 0.254 e. The summed E-state index contributed by atoms with van der Waals surface area (Å²) in [5, 5.41) is 24.1. The maximum absolute atomic E-state index is 13.0. The predicted molar refractivity (Wildman–Crippen MR) is 105 cm³/mol. The first-order chi connectivity index (χ1) is 14.0. The van der Waals surface area contributed by atoms with E-state index in [4.69, 9.17) is 16.1 Å². The zero-order valence-corrected chi connectivity index (χ0v) is 15.8. The van der Waals surface area contributed by atoms with Crippen LogP contribution in [0.5, 0.6) is 11.5 Å². The van der Waals surface area contributed by atoms with Crippen LogP contribution in [0.4, 0.5) is 0 Å². The molecule has 0 atom stereocenters. The van der Waals surface area contributed by atoms with E-state index in [0.717, 1.165) is 22.8 Å². The average molecular weight is 411 g/mol. The molecule has 2 aromatic heterocycles. The van der Waals surface area contributed by atoms with E-state index in [1.807, 2.05) is 0 Å². The van der Waals surface area contributed by atoms with E-state index in [-0.39, 0.29) is 29.0 Å². The molecule has 0 radical (unpaired) electrons. The highest BCUT2D eigenvalue weighted by Gasteiger charge is 2.29. The second-order valence-electron chi connectivity index (χ2n) is 6.87. The molecule has 3 N–H and O–H groups in total. The van der Waals surface area contributed by atoms with Crippen molar-refractivity contribution in [2.75, 3.05) is 6.54 Å². The van der Waals surface area contributed by atoms with Crippen molar-refractivity contribution in [3.63, 3.8) is 0 Å². The molecule has 0 aliphatic carbocycles. The first-order valence-corrected chi connectivity index (χ1v) is 9.30. The van der Waals surface area contributed by atoms with E-state index < -0.39 is 0 Å². The highest BCUT2D eigenvalue weighted by molar-refractivity contribution is 6.32. The highest BCUT2D eigenvalue weighted by atomic mass is 35.5. The number of phenolic OH excluding ortho intramolecular Hbond substituents is 2. The van der Waals surface area contributed by atoms with Gasteiger partial charge in [0, 0.05) is 30.2 Å². The number of carbonyl (C=O) groups excluding carboxylic acids is 1. The number of aromatic amines is 1. The molecule has 146 valence electrons. The third-order valence-electron chi connectivity index (χ3n) is 5.10. The first-order valence-electron chi connectivity index (χ1n) is 8.93. The Hall–Kier alpha value is -3.52. The van der Waals surface area contributed by atoms with Gasteiger partial charge in [-0.25, -0.2) is 4.98 Å². The maximum Gasteiger partial charge on any atom is 0.254 e. The number of amides is 1. The summed E-state index contributed by atoms with van der Waals surface area (Å²) in [6.45, 7) is 0.785. The maximum atomic E-state index is 13.0. The molecule has 2 aromatic carbocycles. The van der Waals surface area contributed by atoms with Crippen molar-refractivity contribution in [3.8, 4) is 22.8 Å². The molecule has 3 heterocycles. The average Bonchev–Trinajstić information content (AvgIpc) is 3.36. The number of carbonyl (C=O) groups is 1. The van der Waals surface area contributed by atoms with E-state index in [2.05, 4.69) is 15.1 Å². The number of fused-ring (bicyclic) bond motifs is 2. The van der Waals surface area contributed by atoms with Crippen molar-refractivity contribution in [1.29, 1.82) is 0 Å². The van der Waals surface area contributed by atoms with Crippen LogP contribution in [0.15, 0.2) is 41.2 Å². The van der Waals surface area contributed by atoms with Crippen LogP contribution < -0.4 is 0 Å². The summed E-state index contributed by atoms with van der Waals surface area (Å²) in [4.78, 5) is 21.9. The Labute approximate surface area is 169 Å². The van der Waals surface area contributed by atoms with Gasteiger partial charge >= 0.3 is 0 Å². The second kappa shape index (κ2) is 6.52. The summed E-state index contributed by atoms with van der Waals surface area (Å²) in [7, 11) is 0. The lowest BCUT2D eigenvalue weighted by atomic mass is 10.00. The van der Waals surface area contributed by atoms with Crippen LogP contribution in [0, 0.1) is 0 Å². The number of halogens is 1. The Balaban J connectivity index is 1.48. The van der Waals surface area contributed by atoms with Gasteiger partial charge in [-0.15, -0.1) is 0 Å². The molecule has 1 amide bonds. The van der Waals surface area contributed by atoms with Crippen molar-refractivity contribution >= 4 is 28.5 Å². The van der Waals surface area contributed by atoms with Gasteiger partial charge in [0.25, 0.3) is 5.91 Å². The lowest BCUT2D eigenvalue weighted by Gasteiger charge is -2.26. The molecule has 9 heteroatoms. The molecular weight excluding hydrogens is 396 g/mol. The summed E-state index contributed by atoms with van der Waals surface area (Å²) in [6, 6.07) is 7.90. The second-order valence-corrected chi connectivity index (χ2v) is 7.28. The molecule has 8 nitrogen and oxygen atoms in total. The van der Waals surface area contributed by atoms with E-state index >= 15 is 0 Å².